The molecule has 0 aliphatic carbocycles. The fraction of sp³-hybridized carbons (Fsp3) is 0.467. The number of anilines is 1. The Hall–Kier alpha value is -1.32. The lowest BCUT2D eigenvalue weighted by molar-refractivity contribution is 0.335. The summed E-state index contributed by atoms with van der Waals surface area (Å²) in [5.74, 6) is 0.602. The molecule has 1 fully saturated rings. The van der Waals surface area contributed by atoms with Crippen LogP contribution in [0.15, 0.2) is 30.8 Å². The van der Waals surface area contributed by atoms with Gasteiger partial charge in [0.05, 0.1) is 0 Å². The molecule has 0 aromatic heterocycles. The highest BCUT2D eigenvalue weighted by atomic mass is 15.1. The van der Waals surface area contributed by atoms with Gasteiger partial charge in [-0.05, 0) is 23.6 Å². The largest absolute Gasteiger partial charge is 0.385 e. The Bertz CT molecular complexity index is 383. The standard InChI is InChI=1S/C15H23N3/c1-3-13-5-4-6-14(9-13)18-10-12(2)15-11-16-7-8-17-15/h3-6,9,12,15-18H,1,7-8,10-11H2,2H3. The summed E-state index contributed by atoms with van der Waals surface area (Å²) in [5.41, 5.74) is 2.33. The number of rotatable bonds is 5. The minimum atomic E-state index is 0.564. The van der Waals surface area contributed by atoms with Crippen molar-refractivity contribution < 1.29 is 0 Å². The van der Waals surface area contributed by atoms with Crippen molar-refractivity contribution in [3.05, 3.63) is 36.4 Å². The molecule has 0 bridgehead atoms. The molecule has 0 saturated carbocycles. The zero-order chi connectivity index (χ0) is 12.8. The zero-order valence-corrected chi connectivity index (χ0v) is 11.1. The highest BCUT2D eigenvalue weighted by Crippen LogP contribution is 2.13. The van der Waals surface area contributed by atoms with Gasteiger partial charge in [0.15, 0.2) is 0 Å². The molecule has 1 aromatic rings. The van der Waals surface area contributed by atoms with Crippen LogP contribution < -0.4 is 16.0 Å². The summed E-state index contributed by atoms with van der Waals surface area (Å²) in [7, 11) is 0. The SMILES string of the molecule is C=Cc1cccc(NCC(C)C2CNCCN2)c1. The van der Waals surface area contributed by atoms with Crippen LogP contribution in [0.3, 0.4) is 0 Å². The Kier molecular flexibility index (Phi) is 4.79. The maximum absolute atomic E-state index is 3.79. The fourth-order valence-electron chi connectivity index (χ4n) is 2.27. The summed E-state index contributed by atoms with van der Waals surface area (Å²) in [6.45, 7) is 10.3. The molecular weight excluding hydrogens is 222 g/mol. The van der Waals surface area contributed by atoms with Gasteiger partial charge in [0.2, 0.25) is 0 Å². The van der Waals surface area contributed by atoms with E-state index in [-0.39, 0.29) is 0 Å². The maximum Gasteiger partial charge on any atom is 0.0346 e. The summed E-state index contributed by atoms with van der Waals surface area (Å²) in [5, 5.41) is 10.5. The van der Waals surface area contributed by atoms with E-state index in [4.69, 9.17) is 0 Å². The number of nitrogens with one attached hydrogen (secondary N) is 3. The molecular formula is C15H23N3. The van der Waals surface area contributed by atoms with Crippen LogP contribution in [-0.4, -0.2) is 32.2 Å². The van der Waals surface area contributed by atoms with Gasteiger partial charge in [-0.2, -0.15) is 0 Å². The number of hydrogen-bond acceptors (Lipinski definition) is 3. The molecule has 1 aliphatic rings. The highest BCUT2D eigenvalue weighted by molar-refractivity contribution is 5.55. The molecule has 3 N–H and O–H groups in total. The van der Waals surface area contributed by atoms with Crippen LogP contribution in [0.2, 0.25) is 0 Å². The van der Waals surface area contributed by atoms with Crippen LogP contribution in [0.25, 0.3) is 6.08 Å². The molecule has 18 heavy (non-hydrogen) atoms. The van der Waals surface area contributed by atoms with Crippen molar-refractivity contribution in [3.8, 4) is 0 Å². The van der Waals surface area contributed by atoms with E-state index in [9.17, 15) is 0 Å². The van der Waals surface area contributed by atoms with E-state index in [1.54, 1.807) is 0 Å². The summed E-state index contributed by atoms with van der Waals surface area (Å²) in [6.07, 6.45) is 1.88. The Labute approximate surface area is 110 Å². The second-order valence-electron chi connectivity index (χ2n) is 4.95. The Balaban J connectivity index is 1.84. The van der Waals surface area contributed by atoms with E-state index < -0.39 is 0 Å². The summed E-state index contributed by atoms with van der Waals surface area (Å²) >= 11 is 0. The van der Waals surface area contributed by atoms with Crippen molar-refractivity contribution in [1.29, 1.82) is 0 Å². The van der Waals surface area contributed by atoms with Crippen molar-refractivity contribution in [1.82, 2.24) is 10.6 Å². The first kappa shape index (κ1) is 13.1. The van der Waals surface area contributed by atoms with Gasteiger partial charge >= 0.3 is 0 Å². The molecule has 1 heterocycles. The van der Waals surface area contributed by atoms with E-state index in [2.05, 4.69) is 53.7 Å². The predicted molar refractivity (Wildman–Crippen MR) is 78.8 cm³/mol. The van der Waals surface area contributed by atoms with Crippen molar-refractivity contribution >= 4 is 11.8 Å². The average molecular weight is 245 g/mol. The zero-order valence-electron chi connectivity index (χ0n) is 11.1. The third-order valence-corrected chi connectivity index (χ3v) is 3.51. The molecule has 0 radical (unpaired) electrons. The van der Waals surface area contributed by atoms with Gasteiger partial charge in [-0.15, -0.1) is 0 Å². The molecule has 3 heteroatoms. The van der Waals surface area contributed by atoms with E-state index >= 15 is 0 Å². The first-order chi connectivity index (χ1) is 8.79. The van der Waals surface area contributed by atoms with Gasteiger partial charge in [0.25, 0.3) is 0 Å². The Morgan fingerprint density at radius 2 is 2.39 bits per heavy atom. The van der Waals surface area contributed by atoms with Gasteiger partial charge < -0.3 is 16.0 Å². The van der Waals surface area contributed by atoms with Gasteiger partial charge in [0, 0.05) is 37.9 Å². The molecule has 0 spiro atoms. The average Bonchev–Trinajstić information content (AvgIpc) is 2.46. The highest BCUT2D eigenvalue weighted by Gasteiger charge is 2.18. The molecule has 2 unspecified atom stereocenters. The third-order valence-electron chi connectivity index (χ3n) is 3.51. The van der Waals surface area contributed by atoms with Crippen molar-refractivity contribution in [2.24, 2.45) is 5.92 Å². The smallest absolute Gasteiger partial charge is 0.0346 e. The quantitative estimate of drug-likeness (QED) is 0.742. The maximum atomic E-state index is 3.79. The molecule has 3 nitrogen and oxygen atoms in total. The second-order valence-corrected chi connectivity index (χ2v) is 4.95. The third kappa shape index (κ3) is 3.59. The van der Waals surface area contributed by atoms with E-state index in [0.717, 1.165) is 31.7 Å². The van der Waals surface area contributed by atoms with Gasteiger partial charge in [-0.25, -0.2) is 0 Å². The second kappa shape index (κ2) is 6.57. The first-order valence-corrected chi connectivity index (χ1v) is 6.70. The van der Waals surface area contributed by atoms with Crippen LogP contribution in [-0.2, 0) is 0 Å². The first-order valence-electron chi connectivity index (χ1n) is 6.70. The van der Waals surface area contributed by atoms with E-state index in [1.165, 1.54) is 5.69 Å². The molecule has 1 aromatic carbocycles. The summed E-state index contributed by atoms with van der Waals surface area (Å²) in [6, 6.07) is 8.92. The molecule has 0 amide bonds. The van der Waals surface area contributed by atoms with Crippen LogP contribution in [0.1, 0.15) is 12.5 Å². The monoisotopic (exact) mass is 245 g/mol. The molecule has 98 valence electrons. The Morgan fingerprint density at radius 3 is 3.11 bits per heavy atom. The lowest BCUT2D eigenvalue weighted by Crippen LogP contribution is -2.52. The van der Waals surface area contributed by atoms with Gasteiger partial charge in [-0.1, -0.05) is 31.7 Å². The topological polar surface area (TPSA) is 36.1 Å². The Morgan fingerprint density at radius 1 is 1.50 bits per heavy atom. The van der Waals surface area contributed by atoms with Gasteiger partial charge in [0.1, 0.15) is 0 Å². The van der Waals surface area contributed by atoms with Crippen LogP contribution in [0, 0.1) is 5.92 Å². The fourth-order valence-corrected chi connectivity index (χ4v) is 2.27. The van der Waals surface area contributed by atoms with Crippen molar-refractivity contribution in [2.45, 2.75) is 13.0 Å². The summed E-state index contributed by atoms with van der Waals surface area (Å²) in [4.78, 5) is 0. The molecule has 2 rings (SSSR count). The van der Waals surface area contributed by atoms with Gasteiger partial charge in [-0.3, -0.25) is 0 Å². The molecule has 1 aliphatic heterocycles. The van der Waals surface area contributed by atoms with Crippen LogP contribution in [0.4, 0.5) is 5.69 Å². The lowest BCUT2D eigenvalue weighted by Gasteiger charge is -2.30. The minimum absolute atomic E-state index is 0.564. The molecule has 1 saturated heterocycles. The molecule has 2 atom stereocenters. The normalized spacial score (nSPS) is 21.3. The van der Waals surface area contributed by atoms with Crippen molar-refractivity contribution in [3.63, 3.8) is 0 Å². The predicted octanol–water partition coefficient (Wildman–Crippen LogP) is 1.94. The lowest BCUT2D eigenvalue weighted by atomic mass is 10.0. The van der Waals surface area contributed by atoms with E-state index in [1.807, 2.05) is 6.08 Å². The van der Waals surface area contributed by atoms with Crippen LogP contribution in [0.5, 0.6) is 0 Å². The minimum Gasteiger partial charge on any atom is -0.385 e. The van der Waals surface area contributed by atoms with Crippen LogP contribution >= 0.6 is 0 Å². The van der Waals surface area contributed by atoms with Crippen molar-refractivity contribution in [2.75, 3.05) is 31.5 Å². The number of benzene rings is 1. The number of hydrogen-bond donors (Lipinski definition) is 3. The van der Waals surface area contributed by atoms with E-state index in [0.29, 0.717) is 12.0 Å². The number of piperazine rings is 1. The summed E-state index contributed by atoms with van der Waals surface area (Å²) < 4.78 is 0.